The maximum Gasteiger partial charge on any atom is 0.323 e. The molecule has 0 radical (unpaired) electrons. The van der Waals surface area contributed by atoms with Gasteiger partial charge >= 0.3 is 17.9 Å². The van der Waals surface area contributed by atoms with Gasteiger partial charge in [0.25, 0.3) is 0 Å². The molecule has 0 N–H and O–H groups in total. The highest BCUT2D eigenvalue weighted by atomic mass is 16.5. The van der Waals surface area contributed by atoms with Crippen LogP contribution in [0.15, 0.2) is 0 Å². The molecule has 4 aliphatic rings. The molecule has 4 aliphatic heterocycles. The van der Waals surface area contributed by atoms with Gasteiger partial charge in [-0.15, -0.1) is 0 Å². The Bertz CT molecular complexity index is 507. The number of carbonyl (C=O) groups excluding carboxylic acids is 3. The summed E-state index contributed by atoms with van der Waals surface area (Å²) >= 11 is 0. The van der Waals surface area contributed by atoms with Crippen LogP contribution in [0.3, 0.4) is 0 Å². The van der Waals surface area contributed by atoms with Crippen LogP contribution in [0, 0.1) is 0 Å². The van der Waals surface area contributed by atoms with E-state index in [0.717, 1.165) is 0 Å². The van der Waals surface area contributed by atoms with Crippen molar-refractivity contribution in [3.63, 3.8) is 0 Å². The molecule has 3 unspecified atom stereocenters. The van der Waals surface area contributed by atoms with Crippen molar-refractivity contribution in [1.82, 2.24) is 14.7 Å². The van der Waals surface area contributed by atoms with Gasteiger partial charge in [0.2, 0.25) is 0 Å². The van der Waals surface area contributed by atoms with Crippen LogP contribution in [-0.2, 0) is 28.6 Å². The van der Waals surface area contributed by atoms with Crippen molar-refractivity contribution >= 4 is 17.9 Å². The van der Waals surface area contributed by atoms with Gasteiger partial charge in [-0.05, 0) is 0 Å². The first-order chi connectivity index (χ1) is 13.1. The number of rotatable bonds is 3. The number of esters is 3. The summed E-state index contributed by atoms with van der Waals surface area (Å²) < 4.78 is 15.5. The van der Waals surface area contributed by atoms with E-state index < -0.39 is 0 Å². The second-order valence-electron chi connectivity index (χ2n) is 7.52. The van der Waals surface area contributed by atoms with E-state index >= 15 is 0 Å². The summed E-state index contributed by atoms with van der Waals surface area (Å²) in [6.45, 7) is 5.49. The molecule has 0 aromatic heterocycles. The third kappa shape index (κ3) is 3.95. The average molecular weight is 381 g/mol. The van der Waals surface area contributed by atoms with Crippen molar-refractivity contribution in [2.75, 3.05) is 59.1 Å². The first-order valence-corrected chi connectivity index (χ1v) is 9.85. The van der Waals surface area contributed by atoms with Crippen molar-refractivity contribution in [2.24, 2.45) is 0 Å². The fourth-order valence-corrected chi connectivity index (χ4v) is 4.49. The average Bonchev–Trinajstić information content (AvgIpc) is 3.37. The lowest BCUT2D eigenvalue weighted by Crippen LogP contribution is -2.47. The van der Waals surface area contributed by atoms with Crippen molar-refractivity contribution in [3.05, 3.63) is 0 Å². The van der Waals surface area contributed by atoms with Gasteiger partial charge in [0.05, 0.1) is 19.8 Å². The fourth-order valence-electron chi connectivity index (χ4n) is 4.49. The van der Waals surface area contributed by atoms with E-state index in [-0.39, 0.29) is 36.0 Å². The Kier molecular flexibility index (Phi) is 5.60. The molecule has 4 rings (SSSR count). The van der Waals surface area contributed by atoms with Crippen LogP contribution >= 0.6 is 0 Å². The lowest BCUT2D eigenvalue weighted by Gasteiger charge is -2.29. The predicted molar refractivity (Wildman–Crippen MR) is 92.8 cm³/mol. The van der Waals surface area contributed by atoms with E-state index in [1.165, 1.54) is 0 Å². The highest BCUT2D eigenvalue weighted by Crippen LogP contribution is 2.21. The highest BCUT2D eigenvalue weighted by Gasteiger charge is 2.39. The van der Waals surface area contributed by atoms with Crippen LogP contribution in [0.5, 0.6) is 0 Å². The Labute approximate surface area is 158 Å². The van der Waals surface area contributed by atoms with Gasteiger partial charge in [-0.2, -0.15) is 0 Å². The molecule has 0 amide bonds. The van der Waals surface area contributed by atoms with E-state index in [1.807, 2.05) is 0 Å². The quantitative estimate of drug-likeness (QED) is 0.444. The van der Waals surface area contributed by atoms with Crippen molar-refractivity contribution in [1.29, 1.82) is 0 Å². The van der Waals surface area contributed by atoms with Crippen LogP contribution in [0.2, 0.25) is 0 Å². The van der Waals surface area contributed by atoms with E-state index in [4.69, 9.17) is 14.2 Å². The number of carbonyl (C=O) groups is 3. The molecule has 150 valence electrons. The minimum atomic E-state index is -0.238. The second-order valence-corrected chi connectivity index (χ2v) is 7.52. The molecule has 0 aliphatic carbocycles. The van der Waals surface area contributed by atoms with Gasteiger partial charge in [-0.3, -0.25) is 29.1 Å². The first kappa shape index (κ1) is 18.6. The number of ether oxygens (including phenoxy) is 3. The van der Waals surface area contributed by atoms with Crippen molar-refractivity contribution in [3.8, 4) is 0 Å². The van der Waals surface area contributed by atoms with E-state index in [2.05, 4.69) is 14.7 Å². The summed E-state index contributed by atoms with van der Waals surface area (Å²) in [6, 6.07) is -0.714. The van der Waals surface area contributed by atoms with Gasteiger partial charge < -0.3 is 14.2 Å². The lowest BCUT2D eigenvalue weighted by atomic mass is 10.2. The maximum absolute atomic E-state index is 12.1. The SMILES string of the molecule is O=C1OCCC1N1CCN(C2CCOC2=O)CCN(C2CCOC2=O)CC1. The lowest BCUT2D eigenvalue weighted by molar-refractivity contribution is -0.144. The van der Waals surface area contributed by atoms with Crippen molar-refractivity contribution < 1.29 is 28.6 Å². The van der Waals surface area contributed by atoms with Crippen LogP contribution in [-0.4, -0.2) is 110 Å². The molecule has 0 aromatic rings. The smallest absolute Gasteiger partial charge is 0.323 e. The Morgan fingerprint density at radius 3 is 0.963 bits per heavy atom. The molecular weight excluding hydrogens is 354 g/mol. The molecule has 4 heterocycles. The summed E-state index contributed by atoms with van der Waals surface area (Å²) in [6.07, 6.45) is 2.07. The van der Waals surface area contributed by atoms with Gasteiger partial charge in [0, 0.05) is 58.5 Å². The predicted octanol–water partition coefficient (Wildman–Crippen LogP) is -1.15. The summed E-state index contributed by atoms with van der Waals surface area (Å²) in [7, 11) is 0. The molecule has 0 bridgehead atoms. The van der Waals surface area contributed by atoms with Crippen LogP contribution in [0.25, 0.3) is 0 Å². The summed E-state index contributed by atoms with van der Waals surface area (Å²) in [5.41, 5.74) is 0. The number of hydrogen-bond donors (Lipinski definition) is 0. The molecule has 9 heteroatoms. The van der Waals surface area contributed by atoms with Gasteiger partial charge in [0.1, 0.15) is 18.1 Å². The fraction of sp³-hybridized carbons (Fsp3) is 0.833. The number of hydrogen-bond acceptors (Lipinski definition) is 9. The van der Waals surface area contributed by atoms with E-state index in [9.17, 15) is 14.4 Å². The standard InChI is InChI=1S/C18H27N3O6/c22-16-13(1-10-25-16)19-4-6-20(14-2-11-26-17(14)23)8-9-21(7-5-19)15-3-12-27-18(15)24/h13-15H,1-12H2. The van der Waals surface area contributed by atoms with Crippen LogP contribution < -0.4 is 0 Å². The highest BCUT2D eigenvalue weighted by molar-refractivity contribution is 5.78. The first-order valence-electron chi connectivity index (χ1n) is 9.85. The minimum absolute atomic E-state index is 0.173. The third-order valence-corrected chi connectivity index (χ3v) is 6.07. The monoisotopic (exact) mass is 381 g/mol. The molecule has 0 aromatic carbocycles. The molecular formula is C18H27N3O6. The molecule has 0 spiro atoms. The Hall–Kier alpha value is -1.71. The van der Waals surface area contributed by atoms with E-state index in [1.54, 1.807) is 0 Å². The molecule has 4 fully saturated rings. The largest absolute Gasteiger partial charge is 0.464 e. The zero-order valence-corrected chi connectivity index (χ0v) is 15.5. The zero-order chi connectivity index (χ0) is 18.8. The summed E-state index contributed by atoms with van der Waals surface area (Å²) in [4.78, 5) is 42.7. The number of cyclic esters (lactones) is 3. The maximum atomic E-state index is 12.1. The Balaban J connectivity index is 1.51. The molecule has 9 nitrogen and oxygen atoms in total. The van der Waals surface area contributed by atoms with E-state index in [0.29, 0.717) is 78.4 Å². The summed E-state index contributed by atoms with van der Waals surface area (Å²) in [5.74, 6) is -0.520. The molecule has 3 atom stereocenters. The van der Waals surface area contributed by atoms with Gasteiger partial charge in [0.15, 0.2) is 0 Å². The molecule has 27 heavy (non-hydrogen) atoms. The Morgan fingerprint density at radius 1 is 0.519 bits per heavy atom. The molecule has 4 saturated heterocycles. The normalized spacial score (nSPS) is 34.7. The second kappa shape index (κ2) is 8.12. The topological polar surface area (TPSA) is 88.6 Å². The van der Waals surface area contributed by atoms with Crippen LogP contribution in [0.1, 0.15) is 19.3 Å². The third-order valence-electron chi connectivity index (χ3n) is 6.07. The molecule has 0 saturated carbocycles. The zero-order valence-electron chi connectivity index (χ0n) is 15.5. The van der Waals surface area contributed by atoms with Gasteiger partial charge in [-0.25, -0.2) is 0 Å². The van der Waals surface area contributed by atoms with Crippen molar-refractivity contribution in [2.45, 2.75) is 37.4 Å². The Morgan fingerprint density at radius 2 is 0.778 bits per heavy atom. The summed E-state index contributed by atoms with van der Waals surface area (Å²) in [5, 5.41) is 0. The number of nitrogens with zero attached hydrogens (tertiary/aromatic N) is 3. The minimum Gasteiger partial charge on any atom is -0.464 e. The van der Waals surface area contributed by atoms with Gasteiger partial charge in [-0.1, -0.05) is 0 Å². The van der Waals surface area contributed by atoms with Crippen LogP contribution in [0.4, 0.5) is 0 Å².